The molecule has 152 valence electrons. The number of halogens is 1. The van der Waals surface area contributed by atoms with Crippen LogP contribution >= 0.6 is 38.6 Å². The van der Waals surface area contributed by atoms with Gasteiger partial charge in [0, 0.05) is 34.9 Å². The maximum atomic E-state index is 12.7. The molecular weight excluding hydrogens is 478 g/mol. The smallest absolute Gasteiger partial charge is 0.360 e. The number of likely N-dealkylation sites (tertiary alicyclic amines) is 1. The molecule has 1 saturated heterocycles. The van der Waals surface area contributed by atoms with E-state index >= 15 is 0 Å². The summed E-state index contributed by atoms with van der Waals surface area (Å²) in [6.07, 6.45) is 1.73. The number of thiazole rings is 1. The van der Waals surface area contributed by atoms with Crippen LogP contribution in [0.2, 0.25) is 0 Å². The van der Waals surface area contributed by atoms with Crippen molar-refractivity contribution >= 4 is 50.5 Å². The number of rotatable bonds is 5. The summed E-state index contributed by atoms with van der Waals surface area (Å²) in [5.41, 5.74) is 0.803. The standard InChI is InChI=1S/C19H18BrN3O4S2/c1-2-26-19(25)13-9-15(27-22-13)14-10-29-17(21-14)11-3-6-23(7-4-11)18(24)16-12(20)5-8-28-16/h5,8-11H,2-4,6-7H2,1H3. The number of hydrogen-bond donors (Lipinski definition) is 0. The lowest BCUT2D eigenvalue weighted by molar-refractivity contribution is 0.0514. The third-order valence-corrected chi connectivity index (χ3v) is 7.54. The first-order chi connectivity index (χ1) is 14.1. The predicted octanol–water partition coefficient (Wildman–Crippen LogP) is 4.82. The van der Waals surface area contributed by atoms with Gasteiger partial charge in [-0.1, -0.05) is 5.16 Å². The van der Waals surface area contributed by atoms with Gasteiger partial charge in [0.05, 0.1) is 11.6 Å². The molecular formula is C19H18BrN3O4S2. The Morgan fingerprint density at radius 3 is 2.83 bits per heavy atom. The van der Waals surface area contributed by atoms with Gasteiger partial charge in [-0.05, 0) is 47.1 Å². The molecule has 0 spiro atoms. The van der Waals surface area contributed by atoms with E-state index in [0.29, 0.717) is 30.5 Å². The average molecular weight is 496 g/mol. The number of thiophene rings is 1. The van der Waals surface area contributed by atoms with E-state index in [1.165, 1.54) is 11.3 Å². The molecule has 1 aliphatic heterocycles. The first-order valence-electron chi connectivity index (χ1n) is 9.18. The van der Waals surface area contributed by atoms with Crippen molar-refractivity contribution in [2.24, 2.45) is 0 Å². The molecule has 3 aromatic heterocycles. The van der Waals surface area contributed by atoms with Crippen molar-refractivity contribution in [2.75, 3.05) is 19.7 Å². The maximum Gasteiger partial charge on any atom is 0.360 e. The van der Waals surface area contributed by atoms with Crippen LogP contribution in [-0.4, -0.2) is 46.6 Å². The summed E-state index contributed by atoms with van der Waals surface area (Å²) in [6.45, 7) is 3.44. The molecule has 10 heteroatoms. The van der Waals surface area contributed by atoms with Crippen LogP contribution < -0.4 is 0 Å². The van der Waals surface area contributed by atoms with Crippen LogP contribution in [0.25, 0.3) is 11.5 Å². The van der Waals surface area contributed by atoms with Gasteiger partial charge in [-0.2, -0.15) is 0 Å². The normalized spacial score (nSPS) is 14.9. The van der Waals surface area contributed by atoms with Gasteiger partial charge in [-0.15, -0.1) is 22.7 Å². The van der Waals surface area contributed by atoms with Crippen molar-refractivity contribution in [1.29, 1.82) is 0 Å². The molecule has 0 aliphatic carbocycles. The lowest BCUT2D eigenvalue weighted by Gasteiger charge is -2.31. The van der Waals surface area contributed by atoms with Gasteiger partial charge in [-0.3, -0.25) is 4.79 Å². The second kappa shape index (κ2) is 8.76. The molecule has 1 amide bonds. The Balaban J connectivity index is 1.39. The molecule has 1 aliphatic rings. The van der Waals surface area contributed by atoms with Crippen LogP contribution in [0.5, 0.6) is 0 Å². The summed E-state index contributed by atoms with van der Waals surface area (Å²) in [5, 5.41) is 8.60. The number of carbonyl (C=O) groups is 2. The topological polar surface area (TPSA) is 85.5 Å². The Hall–Kier alpha value is -2.04. The molecule has 0 aromatic carbocycles. The fourth-order valence-electron chi connectivity index (χ4n) is 3.20. The minimum Gasteiger partial charge on any atom is -0.461 e. The van der Waals surface area contributed by atoms with Gasteiger partial charge in [0.15, 0.2) is 11.5 Å². The van der Waals surface area contributed by atoms with Crippen molar-refractivity contribution in [3.63, 3.8) is 0 Å². The Kier molecular flexibility index (Phi) is 6.12. The number of esters is 1. The summed E-state index contributed by atoms with van der Waals surface area (Å²) in [6, 6.07) is 3.45. The Morgan fingerprint density at radius 1 is 1.34 bits per heavy atom. The Labute approximate surface area is 183 Å². The lowest BCUT2D eigenvalue weighted by Crippen LogP contribution is -2.37. The van der Waals surface area contributed by atoms with Gasteiger partial charge < -0.3 is 14.2 Å². The second-order valence-electron chi connectivity index (χ2n) is 6.53. The van der Waals surface area contributed by atoms with Gasteiger partial charge in [0.2, 0.25) is 0 Å². The number of nitrogens with zero attached hydrogens (tertiary/aromatic N) is 3. The summed E-state index contributed by atoms with van der Waals surface area (Å²) in [4.78, 5) is 31.7. The number of ether oxygens (including phenoxy) is 1. The van der Waals surface area contributed by atoms with Crippen molar-refractivity contribution in [3.8, 4) is 11.5 Å². The van der Waals surface area contributed by atoms with E-state index < -0.39 is 5.97 Å². The third-order valence-electron chi connectivity index (χ3n) is 4.71. The average Bonchev–Trinajstić information content (AvgIpc) is 3.48. The van der Waals surface area contributed by atoms with Crippen molar-refractivity contribution in [2.45, 2.75) is 25.7 Å². The van der Waals surface area contributed by atoms with E-state index in [0.717, 1.165) is 27.2 Å². The molecule has 0 bridgehead atoms. The fourth-order valence-corrected chi connectivity index (χ4v) is 5.69. The molecule has 0 saturated carbocycles. The zero-order valence-corrected chi connectivity index (χ0v) is 18.8. The molecule has 4 rings (SSSR count). The van der Waals surface area contributed by atoms with E-state index in [4.69, 9.17) is 9.26 Å². The van der Waals surface area contributed by atoms with Gasteiger partial charge in [0.1, 0.15) is 10.6 Å². The van der Waals surface area contributed by atoms with Crippen LogP contribution in [0.3, 0.4) is 0 Å². The quantitative estimate of drug-likeness (QED) is 0.471. The predicted molar refractivity (Wildman–Crippen MR) is 113 cm³/mol. The van der Waals surface area contributed by atoms with Gasteiger partial charge in [0.25, 0.3) is 5.91 Å². The number of carbonyl (C=O) groups excluding carboxylic acids is 2. The molecule has 0 radical (unpaired) electrons. The molecule has 7 nitrogen and oxygen atoms in total. The van der Waals surface area contributed by atoms with Crippen molar-refractivity contribution in [1.82, 2.24) is 15.0 Å². The second-order valence-corrected chi connectivity index (χ2v) is 9.19. The lowest BCUT2D eigenvalue weighted by atomic mass is 9.97. The summed E-state index contributed by atoms with van der Waals surface area (Å²) < 4.78 is 11.0. The molecule has 29 heavy (non-hydrogen) atoms. The molecule has 0 atom stereocenters. The number of amides is 1. The zero-order valence-electron chi connectivity index (χ0n) is 15.6. The number of piperidine rings is 1. The van der Waals surface area contributed by atoms with E-state index in [1.54, 1.807) is 24.3 Å². The van der Waals surface area contributed by atoms with Crippen LogP contribution in [-0.2, 0) is 4.74 Å². The number of aromatic nitrogens is 2. The first-order valence-corrected chi connectivity index (χ1v) is 11.7. The highest BCUT2D eigenvalue weighted by molar-refractivity contribution is 9.10. The van der Waals surface area contributed by atoms with Crippen molar-refractivity contribution < 1.29 is 18.8 Å². The largest absolute Gasteiger partial charge is 0.461 e. The summed E-state index contributed by atoms with van der Waals surface area (Å²) >= 11 is 6.46. The first kappa shape index (κ1) is 20.2. The van der Waals surface area contributed by atoms with Crippen LogP contribution in [0.4, 0.5) is 0 Å². The summed E-state index contributed by atoms with van der Waals surface area (Å²) in [5.74, 6) is 0.327. The zero-order chi connectivity index (χ0) is 20.4. The maximum absolute atomic E-state index is 12.7. The molecule has 4 heterocycles. The fraction of sp³-hybridized carbons (Fsp3) is 0.368. The molecule has 1 fully saturated rings. The SMILES string of the molecule is CCOC(=O)c1cc(-c2csc(C3CCN(C(=O)c4sccc4Br)CC3)n2)on1. The van der Waals surface area contributed by atoms with E-state index in [1.807, 2.05) is 21.7 Å². The van der Waals surface area contributed by atoms with Crippen LogP contribution in [0.15, 0.2) is 31.9 Å². The minimum absolute atomic E-state index is 0.0818. The summed E-state index contributed by atoms with van der Waals surface area (Å²) in [7, 11) is 0. The monoisotopic (exact) mass is 495 g/mol. The Morgan fingerprint density at radius 2 is 2.14 bits per heavy atom. The third kappa shape index (κ3) is 4.29. The highest BCUT2D eigenvalue weighted by atomic mass is 79.9. The van der Waals surface area contributed by atoms with Crippen LogP contribution in [0.1, 0.15) is 50.9 Å². The molecule has 0 unspecified atom stereocenters. The number of hydrogen-bond acceptors (Lipinski definition) is 8. The Bertz CT molecular complexity index is 1020. The van der Waals surface area contributed by atoms with Crippen LogP contribution in [0, 0.1) is 0 Å². The van der Waals surface area contributed by atoms with E-state index in [9.17, 15) is 9.59 Å². The van der Waals surface area contributed by atoms with Crippen molar-refractivity contribution in [3.05, 3.63) is 42.9 Å². The highest BCUT2D eigenvalue weighted by Crippen LogP contribution is 2.34. The van der Waals surface area contributed by atoms with E-state index in [-0.39, 0.29) is 18.2 Å². The van der Waals surface area contributed by atoms with Gasteiger partial charge in [-0.25, -0.2) is 9.78 Å². The highest BCUT2D eigenvalue weighted by Gasteiger charge is 2.28. The molecule has 3 aromatic rings. The van der Waals surface area contributed by atoms with Gasteiger partial charge >= 0.3 is 5.97 Å². The minimum atomic E-state index is -0.507. The van der Waals surface area contributed by atoms with E-state index in [2.05, 4.69) is 26.1 Å². The molecule has 0 N–H and O–H groups in total.